The molecule has 1 fully saturated rings. The van der Waals surface area contributed by atoms with Gasteiger partial charge < -0.3 is 10.6 Å². The van der Waals surface area contributed by atoms with Crippen molar-refractivity contribution in [3.05, 3.63) is 70.8 Å². The number of nitrogens with one attached hydrogen (secondary N) is 2. The molecule has 2 nitrogen and oxygen atoms in total. The molecule has 26 heavy (non-hydrogen) atoms. The summed E-state index contributed by atoms with van der Waals surface area (Å²) >= 11 is 0. The zero-order valence-corrected chi connectivity index (χ0v) is 15.2. The van der Waals surface area contributed by atoms with E-state index in [1.807, 2.05) is 24.3 Å². The van der Waals surface area contributed by atoms with Gasteiger partial charge in [0.1, 0.15) is 0 Å². The summed E-state index contributed by atoms with van der Waals surface area (Å²) in [5.74, 6) is 5.33. The van der Waals surface area contributed by atoms with Crippen LogP contribution >= 0.6 is 0 Å². The summed E-state index contributed by atoms with van der Waals surface area (Å²) in [6.45, 7) is 1.76. The van der Waals surface area contributed by atoms with Crippen LogP contribution in [0.5, 0.6) is 0 Å². The SMILES string of the molecule is C#Cc1ccc(CN[C@H]2CCCC[C@@H]2NCc2ccc(C#C)cc2)cc1. The quantitative estimate of drug-likeness (QED) is 0.780. The predicted molar refractivity (Wildman–Crippen MR) is 108 cm³/mol. The Morgan fingerprint density at radius 2 is 1.08 bits per heavy atom. The maximum absolute atomic E-state index is 5.42. The van der Waals surface area contributed by atoms with Crippen LogP contribution in [0.3, 0.4) is 0 Å². The second-order valence-corrected chi connectivity index (χ2v) is 6.94. The highest BCUT2D eigenvalue weighted by Gasteiger charge is 2.24. The third-order valence-corrected chi connectivity index (χ3v) is 5.14. The number of hydrogen-bond acceptors (Lipinski definition) is 2. The Morgan fingerprint density at radius 1 is 0.692 bits per heavy atom. The summed E-state index contributed by atoms with van der Waals surface area (Å²) < 4.78 is 0. The molecule has 0 aliphatic heterocycles. The highest BCUT2D eigenvalue weighted by Crippen LogP contribution is 2.20. The van der Waals surface area contributed by atoms with Crippen molar-refractivity contribution in [2.24, 2.45) is 0 Å². The topological polar surface area (TPSA) is 24.1 Å². The van der Waals surface area contributed by atoms with Crippen LogP contribution in [-0.4, -0.2) is 12.1 Å². The fraction of sp³-hybridized carbons (Fsp3) is 0.333. The van der Waals surface area contributed by atoms with Gasteiger partial charge in [0.25, 0.3) is 0 Å². The third kappa shape index (κ3) is 4.99. The van der Waals surface area contributed by atoms with E-state index in [9.17, 15) is 0 Å². The van der Waals surface area contributed by atoms with E-state index in [1.54, 1.807) is 0 Å². The van der Waals surface area contributed by atoms with Crippen molar-refractivity contribution in [3.8, 4) is 24.7 Å². The van der Waals surface area contributed by atoms with E-state index in [4.69, 9.17) is 12.8 Å². The Morgan fingerprint density at radius 3 is 1.42 bits per heavy atom. The van der Waals surface area contributed by atoms with E-state index in [1.165, 1.54) is 36.8 Å². The van der Waals surface area contributed by atoms with Crippen LogP contribution < -0.4 is 10.6 Å². The summed E-state index contributed by atoms with van der Waals surface area (Å²) in [6, 6.07) is 17.5. The molecule has 0 saturated heterocycles. The molecule has 132 valence electrons. The lowest BCUT2D eigenvalue weighted by Crippen LogP contribution is -2.49. The minimum absolute atomic E-state index is 0.501. The molecule has 1 aliphatic carbocycles. The van der Waals surface area contributed by atoms with Gasteiger partial charge in [0.15, 0.2) is 0 Å². The van der Waals surface area contributed by atoms with Crippen LogP contribution in [0.25, 0.3) is 0 Å². The van der Waals surface area contributed by atoms with Gasteiger partial charge in [-0.1, -0.05) is 48.9 Å². The Labute approximate surface area is 157 Å². The lowest BCUT2D eigenvalue weighted by atomic mass is 9.90. The second kappa shape index (κ2) is 9.25. The summed E-state index contributed by atoms with van der Waals surface area (Å²) in [5, 5.41) is 7.48. The minimum Gasteiger partial charge on any atom is -0.308 e. The van der Waals surface area contributed by atoms with E-state index in [-0.39, 0.29) is 0 Å². The third-order valence-electron chi connectivity index (χ3n) is 5.14. The van der Waals surface area contributed by atoms with Gasteiger partial charge in [-0.05, 0) is 48.2 Å². The number of terminal acetylenes is 2. The van der Waals surface area contributed by atoms with Gasteiger partial charge in [-0.15, -0.1) is 12.8 Å². The number of hydrogen-bond donors (Lipinski definition) is 2. The van der Waals surface area contributed by atoms with Crippen LogP contribution in [0.1, 0.15) is 47.9 Å². The molecule has 2 N–H and O–H groups in total. The Balaban J connectivity index is 1.53. The number of rotatable bonds is 6. The number of benzene rings is 2. The molecule has 0 spiro atoms. The highest BCUT2D eigenvalue weighted by molar-refractivity contribution is 5.35. The molecule has 0 amide bonds. The molecule has 2 atom stereocenters. The fourth-order valence-corrected chi connectivity index (χ4v) is 3.56. The van der Waals surface area contributed by atoms with E-state index in [0.717, 1.165) is 24.2 Å². The fourth-order valence-electron chi connectivity index (χ4n) is 3.56. The van der Waals surface area contributed by atoms with Gasteiger partial charge in [-0.3, -0.25) is 0 Å². The molecule has 1 saturated carbocycles. The maximum atomic E-state index is 5.42. The normalized spacial score (nSPS) is 19.5. The average Bonchev–Trinajstić information content (AvgIpc) is 2.72. The highest BCUT2D eigenvalue weighted by atomic mass is 15.0. The molecule has 2 aromatic carbocycles. The van der Waals surface area contributed by atoms with Gasteiger partial charge in [0.05, 0.1) is 0 Å². The minimum atomic E-state index is 0.501. The van der Waals surface area contributed by atoms with Crippen LogP contribution in [-0.2, 0) is 13.1 Å². The van der Waals surface area contributed by atoms with Crippen molar-refractivity contribution < 1.29 is 0 Å². The molecule has 3 rings (SSSR count). The largest absolute Gasteiger partial charge is 0.308 e. The molecule has 2 heteroatoms. The zero-order valence-electron chi connectivity index (χ0n) is 15.2. The van der Waals surface area contributed by atoms with Crippen molar-refractivity contribution in [2.45, 2.75) is 50.9 Å². The molecule has 0 aromatic heterocycles. The van der Waals surface area contributed by atoms with Gasteiger partial charge in [0, 0.05) is 36.3 Å². The molecule has 1 aliphatic rings. The molecule has 0 radical (unpaired) electrons. The van der Waals surface area contributed by atoms with Crippen molar-refractivity contribution in [1.29, 1.82) is 0 Å². The lowest BCUT2D eigenvalue weighted by molar-refractivity contribution is 0.281. The first-order valence-electron chi connectivity index (χ1n) is 9.36. The molecule has 0 heterocycles. The van der Waals surface area contributed by atoms with E-state index in [0.29, 0.717) is 12.1 Å². The van der Waals surface area contributed by atoms with E-state index in [2.05, 4.69) is 46.7 Å². The van der Waals surface area contributed by atoms with E-state index < -0.39 is 0 Å². The average molecular weight is 342 g/mol. The van der Waals surface area contributed by atoms with Crippen molar-refractivity contribution in [2.75, 3.05) is 0 Å². The van der Waals surface area contributed by atoms with Crippen molar-refractivity contribution in [3.63, 3.8) is 0 Å². The molecule has 0 bridgehead atoms. The molecule has 2 aromatic rings. The van der Waals surface area contributed by atoms with Crippen LogP contribution in [0.4, 0.5) is 0 Å². The van der Waals surface area contributed by atoms with Crippen LogP contribution in [0.15, 0.2) is 48.5 Å². The van der Waals surface area contributed by atoms with Gasteiger partial charge in [-0.2, -0.15) is 0 Å². The first-order chi connectivity index (χ1) is 12.8. The first-order valence-corrected chi connectivity index (χ1v) is 9.36. The summed E-state index contributed by atoms with van der Waals surface area (Å²) in [5.41, 5.74) is 4.42. The molecule has 0 unspecified atom stereocenters. The predicted octanol–water partition coefficient (Wildman–Crippen LogP) is 3.84. The molecular formula is C24H26N2. The molecular weight excluding hydrogens is 316 g/mol. The van der Waals surface area contributed by atoms with Crippen molar-refractivity contribution in [1.82, 2.24) is 10.6 Å². The second-order valence-electron chi connectivity index (χ2n) is 6.94. The first kappa shape index (κ1) is 18.3. The Bertz CT molecular complexity index is 705. The van der Waals surface area contributed by atoms with Crippen LogP contribution in [0, 0.1) is 24.7 Å². The zero-order chi connectivity index (χ0) is 18.2. The van der Waals surface area contributed by atoms with E-state index >= 15 is 0 Å². The van der Waals surface area contributed by atoms with Gasteiger partial charge in [-0.25, -0.2) is 0 Å². The lowest BCUT2D eigenvalue weighted by Gasteiger charge is -2.33. The van der Waals surface area contributed by atoms with Gasteiger partial charge >= 0.3 is 0 Å². The standard InChI is InChI=1S/C24H26N2/c1-3-19-9-13-21(14-10-19)17-25-23-7-5-6-8-24(23)26-18-22-15-11-20(4-2)12-16-22/h1-2,9-16,23-26H,5-8,17-18H2/t23-,24-/m0/s1. The summed E-state index contributed by atoms with van der Waals surface area (Å²) in [6.07, 6.45) is 15.9. The Kier molecular flexibility index (Phi) is 6.50. The van der Waals surface area contributed by atoms with Gasteiger partial charge in [0.2, 0.25) is 0 Å². The smallest absolute Gasteiger partial charge is 0.0242 e. The Hall–Kier alpha value is -2.52. The monoisotopic (exact) mass is 342 g/mol. The maximum Gasteiger partial charge on any atom is 0.0242 e. The summed E-state index contributed by atoms with van der Waals surface area (Å²) in [7, 11) is 0. The van der Waals surface area contributed by atoms with Crippen LogP contribution in [0.2, 0.25) is 0 Å². The van der Waals surface area contributed by atoms with Crippen molar-refractivity contribution >= 4 is 0 Å². The summed E-state index contributed by atoms with van der Waals surface area (Å²) in [4.78, 5) is 0.